The van der Waals surface area contributed by atoms with Gasteiger partial charge in [0, 0.05) is 0 Å². The topological polar surface area (TPSA) is 47.9 Å². The molecule has 1 N–H and O–H groups in total. The van der Waals surface area contributed by atoms with Crippen LogP contribution < -0.4 is 14.2 Å². The van der Waals surface area contributed by atoms with E-state index in [2.05, 4.69) is 0 Å². The summed E-state index contributed by atoms with van der Waals surface area (Å²) in [5.41, 5.74) is 4.01. The maximum absolute atomic E-state index is 9.26. The summed E-state index contributed by atoms with van der Waals surface area (Å²) >= 11 is 0. The minimum absolute atomic E-state index is 0.0489. The molecule has 0 saturated heterocycles. The number of aliphatic hydroxyl groups is 1. The van der Waals surface area contributed by atoms with E-state index in [4.69, 9.17) is 14.2 Å². The van der Waals surface area contributed by atoms with Crippen molar-refractivity contribution in [3.63, 3.8) is 0 Å². The largest absolute Gasteiger partial charge is 0.485 e. The highest BCUT2D eigenvalue weighted by atomic mass is 16.5. The van der Waals surface area contributed by atoms with Crippen molar-refractivity contribution in [1.82, 2.24) is 0 Å². The van der Waals surface area contributed by atoms with E-state index >= 15 is 0 Å². The van der Waals surface area contributed by atoms with Crippen molar-refractivity contribution in [2.75, 3.05) is 6.61 Å². The molecule has 4 aromatic carbocycles. The summed E-state index contributed by atoms with van der Waals surface area (Å²) in [5, 5.41) is 9.26. The van der Waals surface area contributed by atoms with Crippen LogP contribution in [-0.2, 0) is 19.8 Å². The molecule has 4 rings (SSSR count). The summed E-state index contributed by atoms with van der Waals surface area (Å²) < 4.78 is 18.7. The summed E-state index contributed by atoms with van der Waals surface area (Å²) in [6.45, 7) is 1.13. The zero-order valence-corrected chi connectivity index (χ0v) is 19.0. The smallest absolute Gasteiger partial charge is 0.203 e. The number of ether oxygens (including phenoxy) is 3. The van der Waals surface area contributed by atoms with Crippen LogP contribution in [0.1, 0.15) is 22.3 Å². The molecule has 0 aliphatic rings. The van der Waals surface area contributed by atoms with Gasteiger partial charge in [-0.3, -0.25) is 0 Å². The van der Waals surface area contributed by atoms with Gasteiger partial charge in [0.25, 0.3) is 0 Å². The molecule has 0 atom stereocenters. The minimum atomic E-state index is -0.0489. The highest BCUT2D eigenvalue weighted by Gasteiger charge is 2.16. The van der Waals surface area contributed by atoms with Crippen molar-refractivity contribution in [1.29, 1.82) is 0 Å². The first-order valence-electron chi connectivity index (χ1n) is 11.3. The molecule has 0 fully saturated rings. The first-order chi connectivity index (χ1) is 16.8. The Morgan fingerprint density at radius 3 is 1.38 bits per heavy atom. The Balaban J connectivity index is 1.65. The number of aliphatic hydroxyl groups excluding tert-OH is 1. The molecule has 0 radical (unpaired) electrons. The summed E-state index contributed by atoms with van der Waals surface area (Å²) in [7, 11) is 0. The van der Waals surface area contributed by atoms with Gasteiger partial charge < -0.3 is 19.3 Å². The van der Waals surface area contributed by atoms with Crippen LogP contribution in [0.4, 0.5) is 0 Å². The van der Waals surface area contributed by atoms with E-state index < -0.39 is 0 Å². The highest BCUT2D eigenvalue weighted by Crippen LogP contribution is 2.40. The van der Waals surface area contributed by atoms with Gasteiger partial charge in [0.05, 0.1) is 6.61 Å². The van der Waals surface area contributed by atoms with Gasteiger partial charge in [0.2, 0.25) is 5.75 Å². The predicted octanol–water partition coefficient (Wildman–Crippen LogP) is 6.43. The van der Waals surface area contributed by atoms with Gasteiger partial charge in [-0.1, -0.05) is 103 Å². The van der Waals surface area contributed by atoms with Crippen molar-refractivity contribution in [3.05, 3.63) is 131 Å². The standard InChI is InChI=1S/C30H28O4/c31-18-10-17-27-19-28(32-21-24-11-4-1-5-12-24)30(34-23-26-15-8-3-9-16-26)29(20-27)33-22-25-13-6-2-7-14-25/h1-17,19-20,31H,18,21-23H2/b17-10+. The van der Waals surface area contributed by atoms with Gasteiger partial charge >= 0.3 is 0 Å². The Morgan fingerprint density at radius 2 is 0.971 bits per heavy atom. The van der Waals surface area contributed by atoms with Crippen molar-refractivity contribution >= 4 is 6.08 Å². The van der Waals surface area contributed by atoms with E-state index in [0.717, 1.165) is 22.3 Å². The number of hydrogen-bond donors (Lipinski definition) is 1. The van der Waals surface area contributed by atoms with Crippen molar-refractivity contribution < 1.29 is 19.3 Å². The molecule has 172 valence electrons. The molecular weight excluding hydrogens is 424 g/mol. The quantitative estimate of drug-likeness (QED) is 0.285. The summed E-state index contributed by atoms with van der Waals surface area (Å²) in [6.07, 6.45) is 3.52. The third-order valence-corrected chi connectivity index (χ3v) is 5.16. The van der Waals surface area contributed by atoms with Gasteiger partial charge in [-0.2, -0.15) is 0 Å². The molecule has 0 amide bonds. The summed E-state index contributed by atoms with van der Waals surface area (Å²) in [4.78, 5) is 0. The monoisotopic (exact) mass is 452 g/mol. The molecule has 0 heterocycles. The summed E-state index contributed by atoms with van der Waals surface area (Å²) in [6, 6.07) is 33.8. The Labute approximate surface area is 200 Å². The molecule has 4 heteroatoms. The Bertz CT molecular complexity index is 1110. The second-order valence-electron chi connectivity index (χ2n) is 7.75. The van der Waals surface area contributed by atoms with Crippen LogP contribution in [-0.4, -0.2) is 11.7 Å². The third kappa shape index (κ3) is 6.74. The van der Waals surface area contributed by atoms with Crippen LogP contribution in [0.3, 0.4) is 0 Å². The molecule has 34 heavy (non-hydrogen) atoms. The zero-order valence-electron chi connectivity index (χ0n) is 19.0. The molecule has 4 nitrogen and oxygen atoms in total. The highest BCUT2D eigenvalue weighted by molar-refractivity contribution is 5.62. The molecule has 0 spiro atoms. The average molecular weight is 453 g/mol. The van der Waals surface area contributed by atoms with Gasteiger partial charge in [0.1, 0.15) is 19.8 Å². The minimum Gasteiger partial charge on any atom is -0.485 e. The summed E-state index contributed by atoms with van der Waals surface area (Å²) in [5.74, 6) is 1.72. The number of hydrogen-bond acceptors (Lipinski definition) is 4. The van der Waals surface area contributed by atoms with Crippen LogP contribution in [0.15, 0.2) is 109 Å². The molecule has 0 aliphatic carbocycles. The lowest BCUT2D eigenvalue weighted by Gasteiger charge is -2.18. The second kappa shape index (κ2) is 12.3. The molecule has 0 aliphatic heterocycles. The molecular formula is C30H28O4. The Kier molecular flexibility index (Phi) is 8.36. The fourth-order valence-electron chi connectivity index (χ4n) is 3.44. The Morgan fingerprint density at radius 1 is 0.559 bits per heavy atom. The van der Waals surface area contributed by atoms with Crippen molar-refractivity contribution in [2.45, 2.75) is 19.8 Å². The van der Waals surface area contributed by atoms with Gasteiger partial charge in [0.15, 0.2) is 11.5 Å². The van der Waals surface area contributed by atoms with Crippen LogP contribution in [0.2, 0.25) is 0 Å². The van der Waals surface area contributed by atoms with Gasteiger partial charge in [-0.05, 0) is 34.4 Å². The van der Waals surface area contributed by atoms with Gasteiger partial charge in [-0.15, -0.1) is 0 Å². The van der Waals surface area contributed by atoms with Crippen LogP contribution in [0.5, 0.6) is 17.2 Å². The van der Waals surface area contributed by atoms with E-state index in [0.29, 0.717) is 37.1 Å². The Hall–Kier alpha value is -4.02. The molecule has 0 bridgehead atoms. The van der Waals surface area contributed by atoms with Gasteiger partial charge in [-0.25, -0.2) is 0 Å². The van der Waals surface area contributed by atoms with Crippen LogP contribution >= 0.6 is 0 Å². The fourth-order valence-corrected chi connectivity index (χ4v) is 3.44. The number of benzene rings is 4. The van der Waals surface area contributed by atoms with Crippen molar-refractivity contribution in [3.8, 4) is 17.2 Å². The lowest BCUT2D eigenvalue weighted by Crippen LogP contribution is -2.04. The first-order valence-corrected chi connectivity index (χ1v) is 11.3. The zero-order chi connectivity index (χ0) is 23.4. The van der Waals surface area contributed by atoms with Crippen molar-refractivity contribution in [2.24, 2.45) is 0 Å². The third-order valence-electron chi connectivity index (χ3n) is 5.16. The van der Waals surface area contributed by atoms with E-state index in [1.54, 1.807) is 6.08 Å². The molecule has 0 saturated carbocycles. The van der Waals surface area contributed by atoms with E-state index in [1.807, 2.05) is 109 Å². The maximum Gasteiger partial charge on any atom is 0.203 e. The lowest BCUT2D eigenvalue weighted by atomic mass is 10.1. The SMILES string of the molecule is OC/C=C/c1cc(OCc2ccccc2)c(OCc2ccccc2)c(OCc2ccccc2)c1. The van der Waals surface area contributed by atoms with E-state index in [1.165, 1.54) is 0 Å². The predicted molar refractivity (Wildman–Crippen MR) is 135 cm³/mol. The number of rotatable bonds is 11. The second-order valence-corrected chi connectivity index (χ2v) is 7.75. The molecule has 0 aromatic heterocycles. The van der Waals surface area contributed by atoms with Crippen LogP contribution in [0, 0.1) is 0 Å². The maximum atomic E-state index is 9.26. The lowest BCUT2D eigenvalue weighted by molar-refractivity contribution is 0.230. The normalized spacial score (nSPS) is 10.9. The van der Waals surface area contributed by atoms with E-state index in [9.17, 15) is 5.11 Å². The van der Waals surface area contributed by atoms with E-state index in [-0.39, 0.29) is 6.61 Å². The molecule has 4 aromatic rings. The first kappa shape index (κ1) is 23.1. The molecule has 0 unspecified atom stereocenters. The average Bonchev–Trinajstić information content (AvgIpc) is 2.90. The van der Waals surface area contributed by atoms with Crippen LogP contribution in [0.25, 0.3) is 6.08 Å². The fraction of sp³-hybridized carbons (Fsp3) is 0.133.